The van der Waals surface area contributed by atoms with Gasteiger partial charge in [-0.3, -0.25) is 0 Å². The fraction of sp³-hybridized carbons (Fsp3) is 0.500. The quantitative estimate of drug-likeness (QED) is 0.331. The van der Waals surface area contributed by atoms with E-state index in [4.69, 9.17) is 10.9 Å². The Balaban J connectivity index is 2.15. The number of nitrogens with one attached hydrogen (secondary N) is 1. The molecule has 0 spiro atoms. The highest BCUT2D eigenvalue weighted by molar-refractivity contribution is 5.98. The lowest BCUT2D eigenvalue weighted by Crippen LogP contribution is -2.41. The van der Waals surface area contributed by atoms with Gasteiger partial charge in [-0.25, -0.2) is 4.39 Å². The average molecular weight is 265 g/mol. The van der Waals surface area contributed by atoms with Gasteiger partial charge in [0.2, 0.25) is 0 Å². The first-order valence-electron chi connectivity index (χ1n) is 6.45. The van der Waals surface area contributed by atoms with Gasteiger partial charge in [-0.2, -0.15) is 0 Å². The van der Waals surface area contributed by atoms with Gasteiger partial charge in [-0.1, -0.05) is 11.2 Å². The molecule has 1 saturated carbocycles. The predicted octanol–water partition coefficient (Wildman–Crippen LogP) is 2.20. The zero-order chi connectivity index (χ0) is 14.0. The molecule has 0 heterocycles. The van der Waals surface area contributed by atoms with Gasteiger partial charge in [-0.05, 0) is 50.3 Å². The number of rotatable bonds is 5. The Bertz CT molecular complexity index is 495. The Morgan fingerprint density at radius 3 is 2.79 bits per heavy atom. The van der Waals surface area contributed by atoms with E-state index < -0.39 is 5.82 Å². The molecule has 1 fully saturated rings. The highest BCUT2D eigenvalue weighted by Gasteiger charge is 2.37. The van der Waals surface area contributed by atoms with Gasteiger partial charge in [0, 0.05) is 17.6 Å². The molecule has 0 aromatic heterocycles. The average Bonchev–Trinajstić information content (AvgIpc) is 3.21. The number of hydrogen-bond acceptors (Lipinski definition) is 3. The van der Waals surface area contributed by atoms with Crippen LogP contribution < -0.4 is 11.1 Å². The van der Waals surface area contributed by atoms with Crippen molar-refractivity contribution >= 4 is 5.84 Å². The molecule has 1 aromatic carbocycles. The maximum atomic E-state index is 13.2. The molecule has 0 radical (unpaired) electrons. The molecule has 19 heavy (non-hydrogen) atoms. The Morgan fingerprint density at radius 2 is 2.21 bits per heavy atom. The van der Waals surface area contributed by atoms with Crippen molar-refractivity contribution in [2.24, 2.45) is 16.8 Å². The summed E-state index contributed by atoms with van der Waals surface area (Å²) in [6.07, 6.45) is 2.49. The summed E-state index contributed by atoms with van der Waals surface area (Å²) in [6, 6.07) is 4.34. The lowest BCUT2D eigenvalue weighted by Gasteiger charge is -2.26. The van der Waals surface area contributed by atoms with Crippen LogP contribution in [-0.2, 0) is 6.54 Å². The first kappa shape index (κ1) is 13.8. The summed E-state index contributed by atoms with van der Waals surface area (Å²) in [6.45, 7) is 4.89. The second kappa shape index (κ2) is 5.17. The largest absolute Gasteiger partial charge is 0.409 e. The number of benzene rings is 1. The van der Waals surface area contributed by atoms with E-state index in [0.29, 0.717) is 18.0 Å². The van der Waals surface area contributed by atoms with Crippen molar-refractivity contribution in [3.63, 3.8) is 0 Å². The number of oxime groups is 1. The van der Waals surface area contributed by atoms with Gasteiger partial charge in [0.25, 0.3) is 0 Å². The highest BCUT2D eigenvalue weighted by atomic mass is 19.1. The Morgan fingerprint density at radius 1 is 1.53 bits per heavy atom. The molecule has 0 bridgehead atoms. The van der Waals surface area contributed by atoms with Crippen LogP contribution in [0.15, 0.2) is 23.4 Å². The molecule has 1 aliphatic carbocycles. The summed E-state index contributed by atoms with van der Waals surface area (Å²) in [4.78, 5) is 0. The molecule has 1 aliphatic rings. The Labute approximate surface area is 112 Å². The van der Waals surface area contributed by atoms with E-state index in [1.165, 1.54) is 25.0 Å². The van der Waals surface area contributed by atoms with Crippen LogP contribution >= 0.6 is 0 Å². The molecule has 1 aromatic rings. The smallest absolute Gasteiger partial charge is 0.170 e. The van der Waals surface area contributed by atoms with Gasteiger partial charge >= 0.3 is 0 Å². The third-order valence-corrected chi connectivity index (χ3v) is 3.79. The molecule has 104 valence electrons. The molecule has 0 saturated heterocycles. The lowest BCUT2D eigenvalue weighted by atomic mass is 9.97. The van der Waals surface area contributed by atoms with Crippen LogP contribution in [0.25, 0.3) is 0 Å². The van der Waals surface area contributed by atoms with Gasteiger partial charge in [0.1, 0.15) is 5.82 Å². The summed E-state index contributed by atoms with van der Waals surface area (Å²) in [7, 11) is 0. The summed E-state index contributed by atoms with van der Waals surface area (Å²) in [5.41, 5.74) is 6.89. The number of hydrogen-bond donors (Lipinski definition) is 3. The molecule has 2 rings (SSSR count). The fourth-order valence-corrected chi connectivity index (χ4v) is 2.27. The second-order valence-corrected chi connectivity index (χ2v) is 5.64. The van der Waals surface area contributed by atoms with Crippen molar-refractivity contribution < 1.29 is 9.60 Å². The first-order chi connectivity index (χ1) is 8.94. The minimum atomic E-state index is -0.396. The van der Waals surface area contributed by atoms with Crippen molar-refractivity contribution in [1.29, 1.82) is 0 Å². The van der Waals surface area contributed by atoms with Crippen LogP contribution in [0.3, 0.4) is 0 Å². The van der Waals surface area contributed by atoms with E-state index in [2.05, 4.69) is 24.3 Å². The van der Waals surface area contributed by atoms with E-state index in [9.17, 15) is 4.39 Å². The molecule has 4 nitrogen and oxygen atoms in total. The summed E-state index contributed by atoms with van der Waals surface area (Å²) in [5.74, 6) is 0.229. The Kier molecular flexibility index (Phi) is 3.75. The minimum absolute atomic E-state index is 0.0524. The normalized spacial score (nSPS) is 16.7. The van der Waals surface area contributed by atoms with Crippen LogP contribution in [0.1, 0.15) is 37.8 Å². The van der Waals surface area contributed by atoms with E-state index in [1.54, 1.807) is 6.07 Å². The molecule has 0 unspecified atom stereocenters. The molecular weight excluding hydrogens is 245 g/mol. The van der Waals surface area contributed by atoms with E-state index >= 15 is 0 Å². The maximum absolute atomic E-state index is 13.2. The number of nitrogens with two attached hydrogens (primary N) is 1. The summed E-state index contributed by atoms with van der Waals surface area (Å²) < 4.78 is 13.2. The van der Waals surface area contributed by atoms with E-state index in [1.807, 2.05) is 0 Å². The zero-order valence-electron chi connectivity index (χ0n) is 11.3. The van der Waals surface area contributed by atoms with Crippen molar-refractivity contribution in [3.8, 4) is 0 Å². The molecule has 5 heteroatoms. The third-order valence-electron chi connectivity index (χ3n) is 3.79. The number of amidine groups is 1. The van der Waals surface area contributed by atoms with E-state index in [-0.39, 0.29) is 11.4 Å². The van der Waals surface area contributed by atoms with Gasteiger partial charge in [0.05, 0.1) is 0 Å². The lowest BCUT2D eigenvalue weighted by molar-refractivity contribution is 0.318. The first-order valence-corrected chi connectivity index (χ1v) is 6.45. The number of halogens is 1. The van der Waals surface area contributed by atoms with Crippen molar-refractivity contribution in [2.45, 2.75) is 38.8 Å². The Hall–Kier alpha value is -1.62. The number of nitrogens with zero attached hydrogens (tertiary/aromatic N) is 1. The van der Waals surface area contributed by atoms with Crippen LogP contribution in [0.2, 0.25) is 0 Å². The minimum Gasteiger partial charge on any atom is -0.409 e. The van der Waals surface area contributed by atoms with Gasteiger partial charge in [-0.15, -0.1) is 0 Å². The SMILES string of the molecule is CC(C)(NCc1ccc(F)cc1/C(N)=N/O)C1CC1. The standard InChI is InChI=1S/C14H20FN3O/c1-14(2,10-4-5-10)17-8-9-3-6-11(15)7-12(9)13(16)18-19/h3,6-7,10,17,19H,4-5,8H2,1-2H3,(H2,16,18). The molecular formula is C14H20FN3O. The van der Waals surface area contributed by atoms with Crippen LogP contribution in [-0.4, -0.2) is 16.6 Å². The second-order valence-electron chi connectivity index (χ2n) is 5.64. The van der Waals surface area contributed by atoms with Crippen molar-refractivity contribution in [3.05, 3.63) is 35.1 Å². The van der Waals surface area contributed by atoms with E-state index in [0.717, 1.165) is 5.56 Å². The highest BCUT2D eigenvalue weighted by Crippen LogP contribution is 2.39. The predicted molar refractivity (Wildman–Crippen MR) is 72.6 cm³/mol. The topological polar surface area (TPSA) is 70.6 Å². The molecule has 0 aliphatic heterocycles. The third kappa shape index (κ3) is 3.23. The summed E-state index contributed by atoms with van der Waals surface area (Å²) in [5, 5.41) is 15.2. The molecule has 0 atom stereocenters. The maximum Gasteiger partial charge on any atom is 0.170 e. The van der Waals surface area contributed by atoms with Gasteiger partial charge < -0.3 is 16.3 Å². The monoisotopic (exact) mass is 265 g/mol. The summed E-state index contributed by atoms with van der Waals surface area (Å²) >= 11 is 0. The van der Waals surface area contributed by atoms with Crippen LogP contribution in [0, 0.1) is 11.7 Å². The van der Waals surface area contributed by atoms with Crippen LogP contribution in [0.4, 0.5) is 4.39 Å². The van der Waals surface area contributed by atoms with Gasteiger partial charge in [0.15, 0.2) is 5.84 Å². The molecule has 4 N–H and O–H groups in total. The van der Waals surface area contributed by atoms with Crippen molar-refractivity contribution in [2.75, 3.05) is 0 Å². The zero-order valence-corrected chi connectivity index (χ0v) is 11.3. The fourth-order valence-electron chi connectivity index (χ4n) is 2.27. The van der Waals surface area contributed by atoms with Crippen molar-refractivity contribution in [1.82, 2.24) is 5.32 Å². The van der Waals surface area contributed by atoms with Crippen LogP contribution in [0.5, 0.6) is 0 Å². The molecule has 0 amide bonds.